The summed E-state index contributed by atoms with van der Waals surface area (Å²) in [5.74, 6) is 0.240. The average molecular weight is 584 g/mol. The van der Waals surface area contributed by atoms with Crippen molar-refractivity contribution in [2.24, 2.45) is 0 Å². The zero-order valence-corrected chi connectivity index (χ0v) is 24.8. The summed E-state index contributed by atoms with van der Waals surface area (Å²) in [6.07, 6.45) is 7.51. The Morgan fingerprint density at radius 3 is 2.65 bits per heavy atom. The van der Waals surface area contributed by atoms with E-state index in [1.165, 1.54) is 12.6 Å². The largest absolute Gasteiger partial charge is 0.378 e. The van der Waals surface area contributed by atoms with Gasteiger partial charge in [-0.1, -0.05) is 11.3 Å². The number of hydrogen-bond acceptors (Lipinski definition) is 9. The van der Waals surface area contributed by atoms with Crippen LogP contribution in [0.3, 0.4) is 0 Å². The van der Waals surface area contributed by atoms with E-state index in [1.807, 2.05) is 30.5 Å². The fourth-order valence-corrected chi connectivity index (χ4v) is 5.74. The van der Waals surface area contributed by atoms with Crippen LogP contribution in [0.5, 0.6) is 0 Å². The fourth-order valence-electron chi connectivity index (χ4n) is 5.74. The van der Waals surface area contributed by atoms with E-state index in [0.717, 1.165) is 49.5 Å². The highest BCUT2D eigenvalue weighted by Gasteiger charge is 2.31. The molecular formula is C31H37N9O3. The lowest BCUT2D eigenvalue weighted by Gasteiger charge is -2.31. The number of carbonyl (C=O) groups excluding carboxylic acids is 2. The van der Waals surface area contributed by atoms with Crippen LogP contribution in [-0.4, -0.2) is 93.0 Å². The summed E-state index contributed by atoms with van der Waals surface area (Å²) in [5, 5.41) is 14.2. The molecule has 4 aromatic heterocycles. The third-order valence-electron chi connectivity index (χ3n) is 8.38. The predicted octanol–water partition coefficient (Wildman–Crippen LogP) is 3.19. The van der Waals surface area contributed by atoms with Crippen LogP contribution >= 0.6 is 0 Å². The molecule has 12 heteroatoms. The molecule has 2 N–H and O–H groups in total. The van der Waals surface area contributed by atoms with Crippen LogP contribution in [0.4, 0.5) is 11.5 Å². The van der Waals surface area contributed by atoms with Gasteiger partial charge < -0.3 is 20.3 Å². The maximum atomic E-state index is 13.3. The first kappa shape index (κ1) is 28.7. The Balaban J connectivity index is 1.13. The van der Waals surface area contributed by atoms with E-state index in [2.05, 4.69) is 54.6 Å². The van der Waals surface area contributed by atoms with Gasteiger partial charge in [0, 0.05) is 55.9 Å². The van der Waals surface area contributed by atoms with Crippen molar-refractivity contribution >= 4 is 28.8 Å². The molecule has 0 atom stereocenters. The van der Waals surface area contributed by atoms with Gasteiger partial charge in [0.1, 0.15) is 5.82 Å². The quantitative estimate of drug-likeness (QED) is 0.321. The first-order chi connectivity index (χ1) is 20.8. The number of carbonyl (C=O) groups is 2. The Bertz CT molecular complexity index is 1640. The summed E-state index contributed by atoms with van der Waals surface area (Å²) < 4.78 is 7.05. The number of pyridine rings is 3. The van der Waals surface area contributed by atoms with E-state index in [1.54, 1.807) is 23.7 Å². The molecule has 2 aliphatic heterocycles. The molecule has 43 heavy (non-hydrogen) atoms. The van der Waals surface area contributed by atoms with Gasteiger partial charge in [-0.25, -0.2) is 9.50 Å². The second-order valence-corrected chi connectivity index (χ2v) is 11.7. The molecule has 0 bridgehead atoms. The molecule has 0 unspecified atom stereocenters. The highest BCUT2D eigenvalue weighted by Crippen LogP contribution is 2.27. The molecule has 2 aliphatic rings. The van der Waals surface area contributed by atoms with Gasteiger partial charge in [-0.15, -0.1) is 5.10 Å². The topological polar surface area (TPSA) is 130 Å². The molecule has 0 saturated carbocycles. The molecule has 2 fully saturated rings. The van der Waals surface area contributed by atoms with Gasteiger partial charge in [0.15, 0.2) is 5.69 Å². The van der Waals surface area contributed by atoms with E-state index in [-0.39, 0.29) is 17.1 Å². The molecule has 4 aromatic rings. The van der Waals surface area contributed by atoms with Crippen LogP contribution < -0.4 is 15.5 Å². The van der Waals surface area contributed by atoms with Crippen LogP contribution in [0.15, 0.2) is 48.9 Å². The number of anilines is 2. The minimum absolute atomic E-state index is 0.160. The predicted molar refractivity (Wildman–Crippen MR) is 163 cm³/mol. The number of hydrogen-bond donors (Lipinski definition) is 2. The summed E-state index contributed by atoms with van der Waals surface area (Å²) in [7, 11) is 0. The van der Waals surface area contributed by atoms with Gasteiger partial charge in [-0.05, 0) is 70.0 Å². The molecule has 0 aromatic carbocycles. The van der Waals surface area contributed by atoms with Crippen LogP contribution in [0.2, 0.25) is 0 Å². The number of nitrogens with one attached hydrogen (secondary N) is 2. The van der Waals surface area contributed by atoms with Crippen molar-refractivity contribution in [1.29, 1.82) is 0 Å². The maximum Gasteiger partial charge on any atom is 0.278 e. The lowest BCUT2D eigenvalue weighted by atomic mass is 10.0. The van der Waals surface area contributed by atoms with Crippen LogP contribution in [0, 0.1) is 6.92 Å². The summed E-state index contributed by atoms with van der Waals surface area (Å²) in [5.41, 5.74) is 4.24. The molecule has 2 amide bonds. The second-order valence-electron chi connectivity index (χ2n) is 11.7. The molecule has 2 saturated heterocycles. The van der Waals surface area contributed by atoms with E-state index in [4.69, 9.17) is 4.74 Å². The summed E-state index contributed by atoms with van der Waals surface area (Å²) in [6, 6.07) is 9.41. The standard InChI is InChI=1S/C31H37N9O3/c1-21-25(17-24(19-34-21)29(41)33-10-12-39-11-4-8-31(39,2)3)35-30(42)28-26-6-5-23(20-40(26)37-36-28)22-7-9-32-27(18-22)38-13-15-43-16-14-38/h5-7,9,17-20H,4,8,10-16H2,1-3H3,(H,33,41)(H,35,42). The van der Waals surface area contributed by atoms with E-state index in [9.17, 15) is 9.59 Å². The van der Waals surface area contributed by atoms with Crippen molar-refractivity contribution in [3.8, 4) is 11.1 Å². The molecular weight excluding hydrogens is 546 g/mol. The monoisotopic (exact) mass is 583 g/mol. The van der Waals surface area contributed by atoms with Gasteiger partial charge >= 0.3 is 0 Å². The SMILES string of the molecule is Cc1ncc(C(=O)NCCN2CCCC2(C)C)cc1NC(=O)c1nnn2cc(-c3ccnc(N4CCOCC4)c3)ccc12. The summed E-state index contributed by atoms with van der Waals surface area (Å²) in [4.78, 5) is 39.6. The Kier molecular flexibility index (Phi) is 8.04. The van der Waals surface area contributed by atoms with Crippen LogP contribution in [0.25, 0.3) is 16.6 Å². The van der Waals surface area contributed by atoms with Gasteiger partial charge in [0.05, 0.1) is 35.7 Å². The lowest BCUT2D eigenvalue weighted by molar-refractivity contribution is 0.0938. The van der Waals surface area contributed by atoms with Crippen LogP contribution in [0.1, 0.15) is 53.2 Å². The van der Waals surface area contributed by atoms with E-state index in [0.29, 0.717) is 42.2 Å². The Labute approximate surface area is 250 Å². The number of aromatic nitrogens is 5. The van der Waals surface area contributed by atoms with Crippen molar-refractivity contribution < 1.29 is 14.3 Å². The Morgan fingerprint density at radius 1 is 1.02 bits per heavy atom. The van der Waals surface area contributed by atoms with E-state index >= 15 is 0 Å². The number of nitrogens with zero attached hydrogens (tertiary/aromatic N) is 7. The van der Waals surface area contributed by atoms with Crippen molar-refractivity contribution in [1.82, 2.24) is 35.0 Å². The third kappa shape index (κ3) is 6.20. The Morgan fingerprint density at radius 2 is 1.86 bits per heavy atom. The molecule has 224 valence electrons. The number of morpholine rings is 1. The highest BCUT2D eigenvalue weighted by atomic mass is 16.5. The fraction of sp³-hybridized carbons (Fsp3) is 0.419. The van der Waals surface area contributed by atoms with Crippen molar-refractivity contribution in [2.45, 2.75) is 39.2 Å². The maximum absolute atomic E-state index is 13.3. The number of likely N-dealkylation sites (tertiary alicyclic amines) is 1. The molecule has 12 nitrogen and oxygen atoms in total. The highest BCUT2D eigenvalue weighted by molar-refractivity contribution is 6.08. The van der Waals surface area contributed by atoms with Crippen molar-refractivity contribution in [2.75, 3.05) is 56.2 Å². The number of rotatable bonds is 8. The second kappa shape index (κ2) is 12.1. The van der Waals surface area contributed by atoms with Gasteiger partial charge in [-0.2, -0.15) is 0 Å². The van der Waals surface area contributed by atoms with E-state index < -0.39 is 5.91 Å². The van der Waals surface area contributed by atoms with Crippen molar-refractivity contribution in [3.05, 3.63) is 65.9 Å². The molecule has 0 radical (unpaired) electrons. The number of aryl methyl sites for hydroxylation is 1. The molecule has 0 spiro atoms. The normalized spacial score (nSPS) is 16.9. The zero-order valence-electron chi connectivity index (χ0n) is 24.8. The molecule has 0 aliphatic carbocycles. The minimum Gasteiger partial charge on any atom is -0.378 e. The van der Waals surface area contributed by atoms with Gasteiger partial charge in [-0.3, -0.25) is 19.5 Å². The first-order valence-electron chi connectivity index (χ1n) is 14.7. The van der Waals surface area contributed by atoms with Gasteiger partial charge in [0.25, 0.3) is 11.8 Å². The Hall–Kier alpha value is -4.42. The first-order valence-corrected chi connectivity index (χ1v) is 14.7. The average Bonchev–Trinajstić information content (AvgIpc) is 3.60. The zero-order chi connectivity index (χ0) is 30.0. The summed E-state index contributed by atoms with van der Waals surface area (Å²) >= 11 is 0. The number of ether oxygens (including phenoxy) is 1. The minimum atomic E-state index is -0.431. The summed E-state index contributed by atoms with van der Waals surface area (Å²) in [6.45, 7) is 11.6. The smallest absolute Gasteiger partial charge is 0.278 e. The van der Waals surface area contributed by atoms with Crippen LogP contribution in [-0.2, 0) is 4.74 Å². The lowest BCUT2D eigenvalue weighted by Crippen LogP contribution is -2.43. The molecule has 6 rings (SSSR count). The number of amides is 2. The molecule has 6 heterocycles. The third-order valence-corrected chi connectivity index (χ3v) is 8.38. The van der Waals surface area contributed by atoms with Gasteiger partial charge in [0.2, 0.25) is 0 Å². The number of fused-ring (bicyclic) bond motifs is 1. The van der Waals surface area contributed by atoms with Crippen molar-refractivity contribution in [3.63, 3.8) is 0 Å².